The molecule has 0 aliphatic heterocycles. The Morgan fingerprint density at radius 3 is 2.45 bits per heavy atom. The number of hydrazone groups is 1. The summed E-state index contributed by atoms with van der Waals surface area (Å²) in [5.41, 5.74) is 5.99. The Labute approximate surface area is 235 Å². The number of ether oxygens (including phenoxy) is 3. The van der Waals surface area contributed by atoms with E-state index < -0.39 is 18.0 Å². The number of carboxylic acid groups (broad SMARTS) is 1. The van der Waals surface area contributed by atoms with Crippen molar-refractivity contribution in [2.45, 2.75) is 33.5 Å². The fourth-order valence-corrected chi connectivity index (χ4v) is 4.12. The Balaban J connectivity index is 1.37. The number of hydrogen-bond acceptors (Lipinski definition) is 7. The number of nitrogens with one attached hydrogen (secondary N) is 1. The number of carboxylic acids is 1. The van der Waals surface area contributed by atoms with Gasteiger partial charge in [0.15, 0.2) is 23.4 Å². The highest BCUT2D eigenvalue weighted by molar-refractivity contribution is 6.31. The lowest BCUT2D eigenvalue weighted by Gasteiger charge is -2.16. The Bertz CT molecular complexity index is 1520. The van der Waals surface area contributed by atoms with E-state index in [9.17, 15) is 14.7 Å². The van der Waals surface area contributed by atoms with Crippen molar-refractivity contribution in [3.05, 3.63) is 94.2 Å². The molecule has 11 heteroatoms. The van der Waals surface area contributed by atoms with E-state index in [1.807, 2.05) is 24.3 Å². The molecular formula is C29H28ClN3O7. The average molecular weight is 566 g/mol. The minimum absolute atomic E-state index is 0.0318. The summed E-state index contributed by atoms with van der Waals surface area (Å²) in [6, 6.07) is 18.0. The Kier molecular flexibility index (Phi) is 8.80. The van der Waals surface area contributed by atoms with Crippen LogP contribution < -0.4 is 19.6 Å². The lowest BCUT2D eigenvalue weighted by Crippen LogP contribution is -2.24. The summed E-state index contributed by atoms with van der Waals surface area (Å²) in [6.45, 7) is 5.60. The van der Waals surface area contributed by atoms with E-state index in [0.29, 0.717) is 22.1 Å². The van der Waals surface area contributed by atoms with Crippen LogP contribution in [0.15, 0.2) is 70.2 Å². The molecule has 2 N–H and O–H groups in total. The number of furan rings is 1. The second kappa shape index (κ2) is 12.4. The van der Waals surface area contributed by atoms with Gasteiger partial charge in [0.05, 0.1) is 13.3 Å². The van der Waals surface area contributed by atoms with E-state index in [1.165, 1.54) is 38.4 Å². The van der Waals surface area contributed by atoms with Gasteiger partial charge in [-0.2, -0.15) is 5.10 Å². The standard InChI is InChI=1S/C29H28ClN3O7/c1-17-5-6-18(2)33(17)22-7-9-23(10-8-22)38-16-24-11-12-25(40-24)28(34)32-31-15-20-13-21(30)14-26(37-4)27(20)39-19(3)29(35)36/h5-15,19H,16H2,1-4H3,(H,32,34)(H,35,36)/t19-/m1/s1. The number of halogens is 1. The second-order valence-electron chi connectivity index (χ2n) is 8.82. The van der Waals surface area contributed by atoms with Crippen LogP contribution in [0.5, 0.6) is 17.2 Å². The maximum Gasteiger partial charge on any atom is 0.344 e. The molecule has 2 heterocycles. The van der Waals surface area contributed by atoms with E-state index in [-0.39, 0.29) is 23.9 Å². The van der Waals surface area contributed by atoms with Gasteiger partial charge in [-0.15, -0.1) is 0 Å². The number of aromatic nitrogens is 1. The van der Waals surface area contributed by atoms with Crippen LogP contribution in [-0.2, 0) is 11.4 Å². The van der Waals surface area contributed by atoms with Crippen LogP contribution in [0.4, 0.5) is 0 Å². The quantitative estimate of drug-likeness (QED) is 0.180. The van der Waals surface area contributed by atoms with Crippen LogP contribution in [0.2, 0.25) is 5.02 Å². The van der Waals surface area contributed by atoms with E-state index in [2.05, 4.69) is 41.1 Å². The highest BCUT2D eigenvalue weighted by atomic mass is 35.5. The summed E-state index contributed by atoms with van der Waals surface area (Å²) in [5.74, 6) is -0.287. The lowest BCUT2D eigenvalue weighted by atomic mass is 10.2. The van der Waals surface area contributed by atoms with Gasteiger partial charge in [0, 0.05) is 33.7 Å². The zero-order valence-electron chi connectivity index (χ0n) is 22.3. The normalized spacial score (nSPS) is 11.8. The molecule has 0 radical (unpaired) electrons. The number of carbonyl (C=O) groups is 2. The van der Waals surface area contributed by atoms with Crippen molar-refractivity contribution in [3.8, 4) is 22.9 Å². The molecule has 0 saturated carbocycles. The van der Waals surface area contributed by atoms with Gasteiger partial charge in [-0.25, -0.2) is 10.2 Å². The second-order valence-corrected chi connectivity index (χ2v) is 9.26. The van der Waals surface area contributed by atoms with Gasteiger partial charge in [-0.1, -0.05) is 11.6 Å². The lowest BCUT2D eigenvalue weighted by molar-refractivity contribution is -0.144. The first-order chi connectivity index (χ1) is 19.2. The maximum absolute atomic E-state index is 12.5. The number of methoxy groups -OCH3 is 1. The number of carbonyl (C=O) groups excluding carboxylic acids is 1. The molecule has 2 aromatic carbocycles. The molecule has 0 saturated heterocycles. The van der Waals surface area contributed by atoms with Crippen LogP contribution in [0, 0.1) is 13.8 Å². The van der Waals surface area contributed by atoms with Gasteiger partial charge < -0.3 is 28.3 Å². The fraction of sp³-hybridized carbons (Fsp3) is 0.207. The van der Waals surface area contributed by atoms with Gasteiger partial charge in [-0.05, 0) is 75.4 Å². The summed E-state index contributed by atoms with van der Waals surface area (Å²) < 4.78 is 24.3. The topological polar surface area (TPSA) is 125 Å². The van der Waals surface area contributed by atoms with E-state index in [0.717, 1.165) is 17.1 Å². The minimum Gasteiger partial charge on any atom is -0.493 e. The third kappa shape index (κ3) is 6.65. The first-order valence-electron chi connectivity index (χ1n) is 12.2. The molecule has 40 heavy (non-hydrogen) atoms. The summed E-state index contributed by atoms with van der Waals surface area (Å²) >= 11 is 6.13. The van der Waals surface area contributed by atoms with Crippen molar-refractivity contribution in [2.75, 3.05) is 7.11 Å². The zero-order chi connectivity index (χ0) is 28.8. The minimum atomic E-state index is -1.16. The van der Waals surface area contributed by atoms with Crippen LogP contribution in [0.1, 0.15) is 40.2 Å². The highest BCUT2D eigenvalue weighted by Crippen LogP contribution is 2.34. The van der Waals surface area contributed by atoms with Gasteiger partial charge in [0.1, 0.15) is 18.1 Å². The number of aryl methyl sites for hydroxylation is 2. The first-order valence-corrected chi connectivity index (χ1v) is 12.6. The SMILES string of the molecule is COc1cc(Cl)cc(C=NNC(=O)c2ccc(COc3ccc(-n4c(C)ccc4C)cc3)o2)c1O[C@H](C)C(=O)O. The number of hydrogen-bond donors (Lipinski definition) is 2. The molecule has 10 nitrogen and oxygen atoms in total. The number of benzene rings is 2. The molecule has 0 fully saturated rings. The first kappa shape index (κ1) is 28.3. The number of aliphatic carboxylic acids is 1. The average Bonchev–Trinajstić information content (AvgIpc) is 3.54. The Hall–Kier alpha value is -4.70. The number of rotatable bonds is 11. The van der Waals surface area contributed by atoms with Gasteiger partial charge >= 0.3 is 11.9 Å². The van der Waals surface area contributed by atoms with Crippen molar-refractivity contribution in [1.82, 2.24) is 9.99 Å². The fourth-order valence-electron chi connectivity index (χ4n) is 3.90. The summed E-state index contributed by atoms with van der Waals surface area (Å²) in [7, 11) is 1.39. The molecule has 1 amide bonds. The summed E-state index contributed by atoms with van der Waals surface area (Å²) in [4.78, 5) is 23.8. The molecule has 0 aliphatic rings. The predicted molar refractivity (Wildman–Crippen MR) is 149 cm³/mol. The molecule has 208 valence electrons. The molecule has 0 unspecified atom stereocenters. The van der Waals surface area contributed by atoms with Crippen LogP contribution in [0.25, 0.3) is 5.69 Å². The monoisotopic (exact) mass is 565 g/mol. The van der Waals surface area contributed by atoms with Crippen LogP contribution in [0.3, 0.4) is 0 Å². The molecule has 4 aromatic rings. The predicted octanol–water partition coefficient (Wildman–Crippen LogP) is 5.54. The van der Waals surface area contributed by atoms with Gasteiger partial charge in [-0.3, -0.25) is 4.79 Å². The van der Waals surface area contributed by atoms with Crippen molar-refractivity contribution in [1.29, 1.82) is 0 Å². The number of amides is 1. The summed E-state index contributed by atoms with van der Waals surface area (Å²) in [6.07, 6.45) is 0.107. The molecular weight excluding hydrogens is 538 g/mol. The molecule has 0 bridgehead atoms. The van der Waals surface area contributed by atoms with Crippen molar-refractivity contribution in [3.63, 3.8) is 0 Å². The van der Waals surface area contributed by atoms with Crippen molar-refractivity contribution in [2.24, 2.45) is 5.10 Å². The van der Waals surface area contributed by atoms with E-state index >= 15 is 0 Å². The largest absolute Gasteiger partial charge is 0.493 e. The molecule has 2 aromatic heterocycles. The smallest absolute Gasteiger partial charge is 0.344 e. The van der Waals surface area contributed by atoms with Crippen molar-refractivity contribution < 1.29 is 33.3 Å². The van der Waals surface area contributed by atoms with Crippen LogP contribution >= 0.6 is 11.6 Å². The Morgan fingerprint density at radius 1 is 1.10 bits per heavy atom. The maximum atomic E-state index is 12.5. The third-order valence-electron chi connectivity index (χ3n) is 5.91. The van der Waals surface area contributed by atoms with Crippen molar-refractivity contribution >= 4 is 29.7 Å². The van der Waals surface area contributed by atoms with Crippen LogP contribution in [-0.4, -0.2) is 41.0 Å². The van der Waals surface area contributed by atoms with Gasteiger partial charge in [0.25, 0.3) is 0 Å². The zero-order valence-corrected chi connectivity index (χ0v) is 23.1. The molecule has 4 rings (SSSR count). The number of nitrogens with zero attached hydrogens (tertiary/aromatic N) is 2. The van der Waals surface area contributed by atoms with Gasteiger partial charge in [0.2, 0.25) is 0 Å². The Morgan fingerprint density at radius 2 is 1.80 bits per heavy atom. The third-order valence-corrected chi connectivity index (χ3v) is 6.13. The summed E-state index contributed by atoms with van der Waals surface area (Å²) in [5, 5.41) is 13.4. The highest BCUT2D eigenvalue weighted by Gasteiger charge is 2.19. The van der Waals surface area contributed by atoms with E-state index in [4.69, 9.17) is 30.2 Å². The van der Waals surface area contributed by atoms with E-state index in [1.54, 1.807) is 6.07 Å². The molecule has 0 spiro atoms. The molecule has 0 aliphatic carbocycles. The molecule has 1 atom stereocenters.